The quantitative estimate of drug-likeness (QED) is 0.153. The molecule has 0 spiro atoms. The third kappa shape index (κ3) is 7.66. The smallest absolute Gasteiger partial charge is 0.309 e. The van der Waals surface area contributed by atoms with Gasteiger partial charge in [-0.25, -0.2) is 0 Å². The standard InChI is InChI=1S/C61H41F6N3/c1-35-21-36(2)24-42(23-35)40-14-19-57-53(30-40)49-9-5-7-11-55(49)69(57)47-16-17-48(44-28-45(60(62,63)64)32-46(29-44)61(65,66)67)51(33-47)52-27-39(34-68)13-18-58(52)70-56-12-8-6-10-50(56)54-31-41(15-20-59(54)70)43-25-37(3)22-38(4)26-43/h5-33H,1-4H3. The van der Waals surface area contributed by atoms with E-state index >= 15 is 0 Å². The number of para-hydroxylation sites is 2. The van der Waals surface area contributed by atoms with E-state index in [1.807, 2.05) is 66.7 Å². The second kappa shape index (κ2) is 16.4. The minimum Gasteiger partial charge on any atom is -0.309 e. The second-order valence-electron chi connectivity index (χ2n) is 18.3. The van der Waals surface area contributed by atoms with Gasteiger partial charge in [0, 0.05) is 32.8 Å². The number of aromatic nitrogens is 2. The lowest BCUT2D eigenvalue weighted by molar-refractivity contribution is -0.143. The molecule has 0 aliphatic heterocycles. The minimum absolute atomic E-state index is 0.118. The molecular formula is C61H41F6N3. The number of hydrogen-bond acceptors (Lipinski definition) is 1. The molecule has 0 N–H and O–H groups in total. The second-order valence-corrected chi connectivity index (χ2v) is 18.3. The number of nitriles is 1. The van der Waals surface area contributed by atoms with E-state index in [1.165, 1.54) is 0 Å². The topological polar surface area (TPSA) is 33.6 Å². The van der Waals surface area contributed by atoms with Gasteiger partial charge in [-0.1, -0.05) is 113 Å². The molecule has 0 atom stereocenters. The van der Waals surface area contributed by atoms with Crippen molar-refractivity contribution in [2.75, 3.05) is 0 Å². The summed E-state index contributed by atoms with van der Waals surface area (Å²) in [7, 11) is 0. The number of rotatable bonds is 6. The van der Waals surface area contributed by atoms with E-state index in [0.717, 1.165) is 100 Å². The van der Waals surface area contributed by atoms with Crippen LogP contribution in [0.1, 0.15) is 38.9 Å². The third-order valence-corrected chi connectivity index (χ3v) is 13.3. The maximum Gasteiger partial charge on any atom is 0.416 e. The van der Waals surface area contributed by atoms with Crippen LogP contribution in [0.2, 0.25) is 0 Å². The normalized spacial score (nSPS) is 12.1. The van der Waals surface area contributed by atoms with Gasteiger partial charge in [0.15, 0.2) is 0 Å². The zero-order chi connectivity index (χ0) is 48.8. The lowest BCUT2D eigenvalue weighted by Gasteiger charge is -2.21. The van der Waals surface area contributed by atoms with E-state index in [1.54, 1.807) is 30.3 Å². The Hall–Kier alpha value is -8.35. The van der Waals surface area contributed by atoms with Crippen molar-refractivity contribution in [3.63, 3.8) is 0 Å². The molecule has 0 saturated carbocycles. The Bertz CT molecular complexity index is 3920. The number of hydrogen-bond donors (Lipinski definition) is 0. The number of nitrogens with zero attached hydrogens (tertiary/aromatic N) is 3. The molecule has 2 heterocycles. The van der Waals surface area contributed by atoms with Gasteiger partial charge < -0.3 is 9.13 Å². The summed E-state index contributed by atoms with van der Waals surface area (Å²) in [6.07, 6.45) is -10.2. The molecule has 0 saturated heterocycles. The number of alkyl halides is 6. The summed E-state index contributed by atoms with van der Waals surface area (Å²) >= 11 is 0. The van der Waals surface area contributed by atoms with Crippen LogP contribution in [-0.4, -0.2) is 9.13 Å². The molecule has 0 aliphatic rings. The van der Waals surface area contributed by atoms with Crippen LogP contribution in [0.3, 0.4) is 0 Å². The van der Waals surface area contributed by atoms with Crippen LogP contribution in [0.4, 0.5) is 26.3 Å². The van der Waals surface area contributed by atoms with Gasteiger partial charge in [0.2, 0.25) is 0 Å². The largest absolute Gasteiger partial charge is 0.416 e. The number of halogens is 6. The predicted octanol–water partition coefficient (Wildman–Crippen LogP) is 17.7. The van der Waals surface area contributed by atoms with Crippen LogP contribution in [0, 0.1) is 39.0 Å². The first-order valence-electron chi connectivity index (χ1n) is 22.8. The van der Waals surface area contributed by atoms with Crippen molar-refractivity contribution in [1.82, 2.24) is 9.13 Å². The molecule has 0 aliphatic carbocycles. The first-order chi connectivity index (χ1) is 33.5. The van der Waals surface area contributed by atoms with Crippen LogP contribution < -0.4 is 0 Å². The van der Waals surface area contributed by atoms with Gasteiger partial charge in [-0.15, -0.1) is 0 Å². The molecule has 0 unspecified atom stereocenters. The highest BCUT2D eigenvalue weighted by atomic mass is 19.4. The molecule has 9 aromatic carbocycles. The lowest BCUT2D eigenvalue weighted by atomic mass is 9.90. The number of aryl methyl sites for hydroxylation is 4. The molecule has 70 heavy (non-hydrogen) atoms. The molecule has 11 aromatic rings. The SMILES string of the molecule is Cc1cc(C)cc(-c2ccc3c(c2)c2ccccc2n3-c2ccc(-c3cc(C(F)(F)F)cc(C(F)(F)F)c3)c(-c3cc(C#N)ccc3-n3c4ccccc4c4cc(-c5cc(C)cc(C)c5)ccc43)c2)c1. The third-order valence-electron chi connectivity index (χ3n) is 13.3. The maximum absolute atomic E-state index is 14.6. The van der Waals surface area contributed by atoms with Crippen molar-refractivity contribution in [2.45, 2.75) is 40.0 Å². The Kier molecular flexibility index (Phi) is 10.4. The summed E-state index contributed by atoms with van der Waals surface area (Å²) in [6.45, 7) is 8.25. The summed E-state index contributed by atoms with van der Waals surface area (Å²) in [4.78, 5) is 0. The van der Waals surface area contributed by atoms with Crippen LogP contribution in [0.5, 0.6) is 0 Å². The van der Waals surface area contributed by atoms with Crippen molar-refractivity contribution in [1.29, 1.82) is 5.26 Å². The summed E-state index contributed by atoms with van der Waals surface area (Å²) in [5.74, 6) is 0. The Morgan fingerprint density at radius 2 is 0.857 bits per heavy atom. The fraction of sp³-hybridized carbons (Fsp3) is 0.0984. The Morgan fingerprint density at radius 1 is 0.371 bits per heavy atom. The zero-order valence-electron chi connectivity index (χ0n) is 38.4. The maximum atomic E-state index is 14.6. The van der Waals surface area contributed by atoms with E-state index in [9.17, 15) is 31.6 Å². The van der Waals surface area contributed by atoms with E-state index < -0.39 is 23.5 Å². The van der Waals surface area contributed by atoms with E-state index in [0.29, 0.717) is 22.5 Å². The van der Waals surface area contributed by atoms with Gasteiger partial charge in [-0.2, -0.15) is 31.6 Å². The highest BCUT2D eigenvalue weighted by Crippen LogP contribution is 2.46. The van der Waals surface area contributed by atoms with Gasteiger partial charge in [0.05, 0.1) is 50.5 Å². The van der Waals surface area contributed by atoms with Crippen LogP contribution in [-0.2, 0) is 12.4 Å². The number of benzene rings is 9. The molecule has 0 fully saturated rings. The Morgan fingerprint density at radius 3 is 1.37 bits per heavy atom. The molecule has 0 amide bonds. The van der Waals surface area contributed by atoms with Crippen LogP contribution in [0.25, 0.3) is 99.5 Å². The molecule has 9 heteroatoms. The predicted molar refractivity (Wildman–Crippen MR) is 271 cm³/mol. The van der Waals surface area contributed by atoms with Gasteiger partial charge in [0.1, 0.15) is 0 Å². The molecule has 2 aromatic heterocycles. The van der Waals surface area contributed by atoms with Crippen LogP contribution in [0.15, 0.2) is 176 Å². The van der Waals surface area contributed by atoms with Crippen molar-refractivity contribution < 1.29 is 26.3 Å². The van der Waals surface area contributed by atoms with E-state index in [4.69, 9.17) is 0 Å². The first-order valence-corrected chi connectivity index (χ1v) is 22.8. The summed E-state index contributed by atoms with van der Waals surface area (Å²) in [6, 6.07) is 55.4. The molecule has 11 rings (SSSR count). The Labute approximate surface area is 399 Å². The van der Waals surface area contributed by atoms with Gasteiger partial charge in [-0.05, 0) is 152 Å². The highest BCUT2D eigenvalue weighted by molar-refractivity contribution is 6.12. The average Bonchev–Trinajstić information content (AvgIpc) is 3.84. The highest BCUT2D eigenvalue weighted by Gasteiger charge is 2.37. The monoisotopic (exact) mass is 929 g/mol. The van der Waals surface area contributed by atoms with Gasteiger partial charge >= 0.3 is 12.4 Å². The minimum atomic E-state index is -5.08. The molecule has 0 bridgehead atoms. The molecule has 0 radical (unpaired) electrons. The van der Waals surface area contributed by atoms with Gasteiger partial charge in [-0.3, -0.25) is 0 Å². The summed E-state index contributed by atoms with van der Waals surface area (Å²) in [5, 5.41) is 14.3. The zero-order valence-corrected chi connectivity index (χ0v) is 38.4. The van der Waals surface area contributed by atoms with Crippen LogP contribution >= 0.6 is 0 Å². The molecular weight excluding hydrogens is 889 g/mol. The first kappa shape index (κ1) is 44.2. The fourth-order valence-corrected chi connectivity index (χ4v) is 10.4. The van der Waals surface area contributed by atoms with Crippen molar-refractivity contribution >= 4 is 43.6 Å². The van der Waals surface area contributed by atoms with E-state index in [-0.39, 0.29) is 22.8 Å². The average molecular weight is 930 g/mol. The van der Waals surface area contributed by atoms with Crippen molar-refractivity contribution in [2.24, 2.45) is 0 Å². The van der Waals surface area contributed by atoms with Crippen molar-refractivity contribution in [3.05, 3.63) is 215 Å². The summed E-state index contributed by atoms with van der Waals surface area (Å²) < 4.78 is 91.8. The molecule has 3 nitrogen and oxygen atoms in total. The number of fused-ring (bicyclic) bond motifs is 6. The van der Waals surface area contributed by atoms with Crippen molar-refractivity contribution in [3.8, 4) is 62.0 Å². The van der Waals surface area contributed by atoms with Gasteiger partial charge in [0.25, 0.3) is 0 Å². The Balaban J connectivity index is 1.21. The summed E-state index contributed by atoms with van der Waals surface area (Å²) in [5.41, 5.74) is 11.2. The lowest BCUT2D eigenvalue weighted by Crippen LogP contribution is -2.11. The van der Waals surface area contributed by atoms with E-state index in [2.05, 4.69) is 104 Å². The fourth-order valence-electron chi connectivity index (χ4n) is 10.4. The molecule has 342 valence electrons.